The minimum Gasteiger partial charge on any atom is -0.493 e. The molecule has 0 bridgehead atoms. The first kappa shape index (κ1) is 20.0. The summed E-state index contributed by atoms with van der Waals surface area (Å²) in [7, 11) is 0. The van der Waals surface area contributed by atoms with Gasteiger partial charge >= 0.3 is 0 Å². The van der Waals surface area contributed by atoms with Crippen LogP contribution in [0, 0.1) is 0 Å². The van der Waals surface area contributed by atoms with Crippen molar-refractivity contribution in [3.05, 3.63) is 46.8 Å². The number of nitrogens with zero attached hydrogens (tertiary/aromatic N) is 5. The van der Waals surface area contributed by atoms with Crippen molar-refractivity contribution < 1.29 is 9.53 Å². The minimum absolute atomic E-state index is 0.104. The third kappa shape index (κ3) is 3.72. The highest BCUT2D eigenvalue weighted by molar-refractivity contribution is 5.94. The summed E-state index contributed by atoms with van der Waals surface area (Å²) in [6.45, 7) is 6.35. The largest absolute Gasteiger partial charge is 0.493 e. The molecule has 1 aliphatic carbocycles. The van der Waals surface area contributed by atoms with E-state index in [-0.39, 0.29) is 5.91 Å². The number of anilines is 1. The van der Waals surface area contributed by atoms with Gasteiger partial charge in [0.15, 0.2) is 0 Å². The number of aromatic nitrogens is 2. The molecule has 1 amide bonds. The van der Waals surface area contributed by atoms with Gasteiger partial charge in [-0.3, -0.25) is 9.69 Å². The summed E-state index contributed by atoms with van der Waals surface area (Å²) in [4.78, 5) is 29.8. The van der Waals surface area contributed by atoms with E-state index in [1.54, 1.807) is 0 Å². The van der Waals surface area contributed by atoms with Gasteiger partial charge in [0.05, 0.1) is 12.3 Å². The van der Waals surface area contributed by atoms with Gasteiger partial charge in [-0.15, -0.1) is 0 Å². The van der Waals surface area contributed by atoms with Gasteiger partial charge in [-0.25, -0.2) is 9.97 Å². The average Bonchev–Trinajstić information content (AvgIpc) is 3.16. The van der Waals surface area contributed by atoms with Crippen LogP contribution in [0.15, 0.2) is 24.4 Å². The molecular weight excluding hydrogens is 402 g/mol. The molecule has 4 heterocycles. The van der Waals surface area contributed by atoms with Crippen molar-refractivity contribution in [2.24, 2.45) is 0 Å². The first-order valence-corrected chi connectivity index (χ1v) is 12.1. The highest BCUT2D eigenvalue weighted by Crippen LogP contribution is 2.28. The van der Waals surface area contributed by atoms with Crippen LogP contribution < -0.4 is 9.64 Å². The Labute approximate surface area is 189 Å². The van der Waals surface area contributed by atoms with Gasteiger partial charge in [-0.2, -0.15) is 0 Å². The third-order valence-electron chi connectivity index (χ3n) is 7.62. The van der Waals surface area contributed by atoms with Crippen molar-refractivity contribution in [1.82, 2.24) is 19.8 Å². The topological polar surface area (TPSA) is 61.8 Å². The number of hydrogen-bond donors (Lipinski definition) is 0. The second kappa shape index (κ2) is 8.35. The summed E-state index contributed by atoms with van der Waals surface area (Å²) >= 11 is 0. The molecule has 1 aromatic carbocycles. The predicted molar refractivity (Wildman–Crippen MR) is 122 cm³/mol. The fourth-order valence-electron chi connectivity index (χ4n) is 5.36. The Hall–Kier alpha value is -2.67. The van der Waals surface area contributed by atoms with Gasteiger partial charge in [0, 0.05) is 69.9 Å². The van der Waals surface area contributed by atoms with Gasteiger partial charge in [0.25, 0.3) is 5.91 Å². The lowest BCUT2D eigenvalue weighted by Gasteiger charge is -2.43. The van der Waals surface area contributed by atoms with E-state index < -0.39 is 0 Å². The number of carbonyl (C=O) groups is 1. The van der Waals surface area contributed by atoms with Crippen LogP contribution in [-0.2, 0) is 19.3 Å². The van der Waals surface area contributed by atoms with Crippen LogP contribution in [0.4, 0.5) is 5.95 Å². The molecule has 2 fully saturated rings. The molecule has 7 heteroatoms. The SMILES string of the molecule is O=C(c1ccc2c(c1)CCO2)N1CCc2cnc(N3CCN(C4CCC4)CC3)nc2CC1. The van der Waals surface area contributed by atoms with E-state index in [2.05, 4.69) is 9.80 Å². The number of benzene rings is 1. The lowest BCUT2D eigenvalue weighted by Crippen LogP contribution is -2.52. The molecule has 3 aliphatic heterocycles. The van der Waals surface area contributed by atoms with Crippen LogP contribution >= 0.6 is 0 Å². The van der Waals surface area contributed by atoms with Gasteiger partial charge in [-0.05, 0) is 48.6 Å². The van der Waals surface area contributed by atoms with Gasteiger partial charge < -0.3 is 14.5 Å². The van der Waals surface area contributed by atoms with Gasteiger partial charge in [-0.1, -0.05) is 6.42 Å². The van der Waals surface area contributed by atoms with Crippen molar-refractivity contribution in [1.29, 1.82) is 0 Å². The lowest BCUT2D eigenvalue weighted by molar-refractivity contribution is 0.0763. The van der Waals surface area contributed by atoms with Crippen LogP contribution in [-0.4, -0.2) is 77.6 Å². The van der Waals surface area contributed by atoms with E-state index >= 15 is 0 Å². The molecule has 0 N–H and O–H groups in total. The quantitative estimate of drug-likeness (QED) is 0.741. The minimum atomic E-state index is 0.104. The van der Waals surface area contributed by atoms with E-state index in [1.165, 1.54) is 24.8 Å². The maximum Gasteiger partial charge on any atom is 0.253 e. The van der Waals surface area contributed by atoms with Crippen molar-refractivity contribution in [2.45, 2.75) is 44.6 Å². The fraction of sp³-hybridized carbons (Fsp3) is 0.560. The highest BCUT2D eigenvalue weighted by atomic mass is 16.5. The summed E-state index contributed by atoms with van der Waals surface area (Å²) in [5, 5.41) is 0. The summed E-state index contributed by atoms with van der Waals surface area (Å²) in [5.74, 6) is 1.88. The van der Waals surface area contributed by atoms with Crippen LogP contribution in [0.3, 0.4) is 0 Å². The molecule has 1 aromatic heterocycles. The number of piperazine rings is 1. The molecule has 0 atom stereocenters. The van der Waals surface area contributed by atoms with Crippen LogP contribution in [0.5, 0.6) is 5.75 Å². The maximum atomic E-state index is 13.2. The number of amides is 1. The molecule has 7 nitrogen and oxygen atoms in total. The molecule has 0 unspecified atom stereocenters. The molecule has 0 radical (unpaired) electrons. The summed E-state index contributed by atoms with van der Waals surface area (Å²) < 4.78 is 5.58. The standard InChI is InChI=1S/C25H31N5O2/c31-24(19-4-5-23-18(16-19)8-15-32-23)29-9-6-20-17-26-25(27-22(20)7-10-29)30-13-11-28(12-14-30)21-2-1-3-21/h4-5,16-17,21H,1-3,6-15H2. The Morgan fingerprint density at radius 2 is 1.81 bits per heavy atom. The molecule has 0 spiro atoms. The highest BCUT2D eigenvalue weighted by Gasteiger charge is 2.29. The smallest absolute Gasteiger partial charge is 0.253 e. The number of rotatable bonds is 3. The van der Waals surface area contributed by atoms with Crippen LogP contribution in [0.2, 0.25) is 0 Å². The molecular formula is C25H31N5O2. The first-order chi connectivity index (χ1) is 15.7. The number of ether oxygens (including phenoxy) is 1. The third-order valence-corrected chi connectivity index (χ3v) is 7.62. The molecule has 6 rings (SSSR count). The molecule has 2 aromatic rings. The molecule has 32 heavy (non-hydrogen) atoms. The van der Waals surface area contributed by atoms with Crippen molar-refractivity contribution in [3.63, 3.8) is 0 Å². The van der Waals surface area contributed by atoms with Crippen LogP contribution in [0.1, 0.15) is 46.4 Å². The lowest BCUT2D eigenvalue weighted by atomic mass is 9.91. The van der Waals surface area contributed by atoms with Crippen LogP contribution in [0.25, 0.3) is 0 Å². The Kier molecular flexibility index (Phi) is 5.21. The second-order valence-electron chi connectivity index (χ2n) is 9.46. The Morgan fingerprint density at radius 1 is 0.969 bits per heavy atom. The molecule has 1 saturated heterocycles. The van der Waals surface area contributed by atoms with E-state index in [0.717, 1.165) is 80.0 Å². The van der Waals surface area contributed by atoms with E-state index in [4.69, 9.17) is 14.7 Å². The summed E-state index contributed by atoms with van der Waals surface area (Å²) in [6.07, 6.45) is 8.59. The Bertz CT molecular complexity index is 1010. The Morgan fingerprint density at radius 3 is 2.62 bits per heavy atom. The van der Waals surface area contributed by atoms with Crippen molar-refractivity contribution in [3.8, 4) is 5.75 Å². The van der Waals surface area contributed by atoms with Crippen molar-refractivity contribution in [2.75, 3.05) is 50.8 Å². The van der Waals surface area contributed by atoms with Crippen molar-refractivity contribution >= 4 is 11.9 Å². The Balaban J connectivity index is 1.11. The monoisotopic (exact) mass is 433 g/mol. The van der Waals surface area contributed by atoms with Gasteiger partial charge in [0.2, 0.25) is 5.95 Å². The second-order valence-corrected chi connectivity index (χ2v) is 9.46. The van der Waals surface area contributed by atoms with Gasteiger partial charge in [0.1, 0.15) is 5.75 Å². The zero-order valence-corrected chi connectivity index (χ0v) is 18.6. The first-order valence-electron chi connectivity index (χ1n) is 12.1. The zero-order chi connectivity index (χ0) is 21.5. The summed E-state index contributed by atoms with van der Waals surface area (Å²) in [6, 6.07) is 6.65. The predicted octanol–water partition coefficient (Wildman–Crippen LogP) is 2.33. The normalized spacial score (nSPS) is 21.4. The number of hydrogen-bond acceptors (Lipinski definition) is 6. The molecule has 1 saturated carbocycles. The number of carbonyl (C=O) groups excluding carboxylic acids is 1. The average molecular weight is 434 g/mol. The van der Waals surface area contributed by atoms with E-state index in [0.29, 0.717) is 19.7 Å². The molecule has 168 valence electrons. The zero-order valence-electron chi connectivity index (χ0n) is 18.6. The maximum absolute atomic E-state index is 13.2. The summed E-state index contributed by atoms with van der Waals surface area (Å²) in [5.41, 5.74) is 4.19. The van der Waals surface area contributed by atoms with E-state index in [9.17, 15) is 4.79 Å². The number of fused-ring (bicyclic) bond motifs is 2. The molecule has 4 aliphatic rings. The fourth-order valence-corrected chi connectivity index (χ4v) is 5.36. The van der Waals surface area contributed by atoms with E-state index in [1.807, 2.05) is 29.3 Å².